The molecule has 6 nitrogen and oxygen atoms in total. The highest BCUT2D eigenvalue weighted by atomic mass is 32.2. The molecule has 2 atom stereocenters. The molecule has 3 fully saturated rings. The van der Waals surface area contributed by atoms with Gasteiger partial charge in [0.2, 0.25) is 15.9 Å². The quantitative estimate of drug-likeness (QED) is 0.833. The van der Waals surface area contributed by atoms with Gasteiger partial charge in [0.25, 0.3) is 0 Å². The Hall–Kier alpha value is -1.44. The number of aryl methyl sites for hydroxylation is 1. The molecule has 3 heterocycles. The number of sulfonamides is 1. The van der Waals surface area contributed by atoms with E-state index in [1.165, 1.54) is 23.6 Å². The first-order chi connectivity index (χ1) is 13.4. The van der Waals surface area contributed by atoms with Crippen LogP contribution in [0.1, 0.15) is 44.1 Å². The van der Waals surface area contributed by atoms with Crippen molar-refractivity contribution in [1.29, 1.82) is 0 Å². The van der Waals surface area contributed by atoms with Gasteiger partial charge in [-0.2, -0.15) is 4.31 Å². The first-order valence-corrected chi connectivity index (χ1v) is 12.0. The average Bonchev–Trinajstić information content (AvgIpc) is 3.11. The van der Waals surface area contributed by atoms with E-state index in [4.69, 9.17) is 0 Å². The van der Waals surface area contributed by atoms with Gasteiger partial charge in [-0.15, -0.1) is 0 Å². The highest BCUT2D eigenvalue weighted by Gasteiger charge is 2.38. The van der Waals surface area contributed by atoms with Crippen molar-refractivity contribution in [3.8, 4) is 0 Å². The number of fused-ring (bicyclic) bond motifs is 1. The maximum Gasteiger partial charge on any atom is 0.243 e. The van der Waals surface area contributed by atoms with Gasteiger partial charge in [0.05, 0.1) is 4.90 Å². The van der Waals surface area contributed by atoms with Gasteiger partial charge in [-0.3, -0.25) is 9.69 Å². The third-order valence-corrected chi connectivity index (χ3v) is 8.58. The smallest absolute Gasteiger partial charge is 0.243 e. The lowest BCUT2D eigenvalue weighted by Crippen LogP contribution is -2.50. The van der Waals surface area contributed by atoms with Crippen LogP contribution in [0.5, 0.6) is 0 Å². The van der Waals surface area contributed by atoms with E-state index in [0.29, 0.717) is 36.9 Å². The number of piperidine rings is 2. The number of amides is 1. The van der Waals surface area contributed by atoms with E-state index in [0.717, 1.165) is 25.1 Å². The summed E-state index contributed by atoms with van der Waals surface area (Å²) in [7, 11) is -3.47. The molecule has 7 heteroatoms. The topological polar surface area (TPSA) is 69.7 Å². The van der Waals surface area contributed by atoms with E-state index in [9.17, 15) is 13.2 Å². The minimum absolute atomic E-state index is 0.0814. The Bertz CT molecular complexity index is 801. The van der Waals surface area contributed by atoms with Gasteiger partial charge in [0.1, 0.15) is 0 Å². The number of carbonyl (C=O) groups excluding carboxylic acids is 1. The Morgan fingerprint density at radius 2 is 1.68 bits per heavy atom. The average molecular weight is 406 g/mol. The van der Waals surface area contributed by atoms with Gasteiger partial charge in [-0.05, 0) is 57.7 Å². The fourth-order valence-corrected chi connectivity index (χ4v) is 6.40. The van der Waals surface area contributed by atoms with Crippen molar-refractivity contribution < 1.29 is 13.2 Å². The van der Waals surface area contributed by atoms with Gasteiger partial charge < -0.3 is 5.32 Å². The molecule has 0 saturated carbocycles. The van der Waals surface area contributed by atoms with Gasteiger partial charge in [-0.1, -0.05) is 24.1 Å². The summed E-state index contributed by atoms with van der Waals surface area (Å²) >= 11 is 0. The summed E-state index contributed by atoms with van der Waals surface area (Å²) in [5.74, 6) is 0.0342. The van der Waals surface area contributed by atoms with Crippen LogP contribution in [0.25, 0.3) is 0 Å². The van der Waals surface area contributed by atoms with E-state index in [1.54, 1.807) is 12.1 Å². The number of benzene rings is 1. The molecule has 1 N–H and O–H groups in total. The normalized spacial score (nSPS) is 27.5. The Morgan fingerprint density at radius 1 is 0.964 bits per heavy atom. The zero-order valence-electron chi connectivity index (χ0n) is 16.6. The molecule has 0 aliphatic carbocycles. The molecule has 0 spiro atoms. The first-order valence-electron chi connectivity index (χ1n) is 10.6. The molecular weight excluding hydrogens is 374 g/mol. The second-order valence-corrected chi connectivity index (χ2v) is 10.4. The molecule has 28 heavy (non-hydrogen) atoms. The molecule has 1 aromatic carbocycles. The van der Waals surface area contributed by atoms with Crippen molar-refractivity contribution >= 4 is 15.9 Å². The second-order valence-electron chi connectivity index (χ2n) is 8.49. The van der Waals surface area contributed by atoms with Crippen LogP contribution in [0.2, 0.25) is 0 Å². The summed E-state index contributed by atoms with van der Waals surface area (Å²) in [4.78, 5) is 15.7. The molecule has 3 aliphatic heterocycles. The summed E-state index contributed by atoms with van der Waals surface area (Å²) in [6, 6.07) is 7.74. The Kier molecular flexibility index (Phi) is 5.76. The molecule has 154 valence electrons. The Labute approximate surface area is 168 Å². The molecule has 0 radical (unpaired) electrons. The van der Waals surface area contributed by atoms with Crippen molar-refractivity contribution in [3.05, 3.63) is 29.8 Å². The number of rotatable bonds is 4. The summed E-state index contributed by atoms with van der Waals surface area (Å²) in [5, 5.41) is 3.29. The lowest BCUT2D eigenvalue weighted by Gasteiger charge is -2.34. The monoisotopic (exact) mass is 405 g/mol. The van der Waals surface area contributed by atoms with Crippen LogP contribution in [0.15, 0.2) is 29.2 Å². The fraction of sp³-hybridized carbons (Fsp3) is 0.667. The van der Waals surface area contributed by atoms with Crippen LogP contribution in [0.3, 0.4) is 0 Å². The number of carbonyl (C=O) groups is 1. The summed E-state index contributed by atoms with van der Waals surface area (Å²) in [5.41, 5.74) is 1.04. The Balaban J connectivity index is 1.32. The molecule has 0 bridgehead atoms. The number of hydrogen-bond acceptors (Lipinski definition) is 4. The van der Waals surface area contributed by atoms with E-state index >= 15 is 0 Å². The molecule has 4 rings (SSSR count). The minimum Gasteiger partial charge on any atom is -0.352 e. The van der Waals surface area contributed by atoms with Crippen molar-refractivity contribution in [1.82, 2.24) is 14.5 Å². The number of hydrogen-bond donors (Lipinski definition) is 1. The lowest BCUT2D eigenvalue weighted by atomic mass is 9.95. The first kappa shape index (κ1) is 19.9. The van der Waals surface area contributed by atoms with Crippen molar-refractivity contribution in [3.63, 3.8) is 0 Å². The largest absolute Gasteiger partial charge is 0.352 e. The van der Waals surface area contributed by atoms with Crippen molar-refractivity contribution in [2.45, 2.75) is 62.4 Å². The van der Waals surface area contributed by atoms with Gasteiger partial charge in [0.15, 0.2) is 0 Å². The number of nitrogens with one attached hydrogen (secondary N) is 1. The molecule has 0 unspecified atom stereocenters. The highest BCUT2D eigenvalue weighted by molar-refractivity contribution is 7.89. The predicted molar refractivity (Wildman–Crippen MR) is 108 cm³/mol. The maximum atomic E-state index is 12.8. The molecule has 1 aromatic rings. The zero-order chi connectivity index (χ0) is 19.7. The van der Waals surface area contributed by atoms with E-state index < -0.39 is 10.0 Å². The van der Waals surface area contributed by atoms with Gasteiger partial charge in [-0.25, -0.2) is 8.42 Å². The van der Waals surface area contributed by atoms with Crippen LogP contribution < -0.4 is 5.32 Å². The van der Waals surface area contributed by atoms with Crippen molar-refractivity contribution in [2.24, 2.45) is 5.92 Å². The highest BCUT2D eigenvalue weighted by Crippen LogP contribution is 2.29. The summed E-state index contributed by atoms with van der Waals surface area (Å²) < 4.78 is 27.2. The van der Waals surface area contributed by atoms with E-state index in [1.807, 2.05) is 19.1 Å². The molecular formula is C21H31N3O3S. The summed E-state index contributed by atoms with van der Waals surface area (Å²) in [6.07, 6.45) is 5.93. The predicted octanol–water partition coefficient (Wildman–Crippen LogP) is 2.14. The molecule has 1 amide bonds. The maximum absolute atomic E-state index is 12.8. The standard InChI is InChI=1S/C21H31N3O3S/c1-16-5-7-18(8-6-16)28(26,27)24-14-9-17(10-15-24)21(25)22-19-11-13-23-12-3-2-4-20(19)23/h5-8,17,19-20H,2-4,9-15H2,1H3,(H,22,25)/t19-,20-/m0/s1. The van der Waals surface area contributed by atoms with E-state index in [2.05, 4.69) is 10.2 Å². The fourth-order valence-electron chi connectivity index (χ4n) is 4.93. The van der Waals surface area contributed by atoms with Crippen LogP contribution in [-0.4, -0.2) is 61.8 Å². The number of nitrogens with zero attached hydrogens (tertiary/aromatic N) is 2. The van der Waals surface area contributed by atoms with E-state index in [-0.39, 0.29) is 17.9 Å². The van der Waals surface area contributed by atoms with Crippen LogP contribution in [-0.2, 0) is 14.8 Å². The van der Waals surface area contributed by atoms with Crippen molar-refractivity contribution in [2.75, 3.05) is 26.2 Å². The molecule has 3 saturated heterocycles. The third kappa shape index (κ3) is 3.98. The Morgan fingerprint density at radius 3 is 2.39 bits per heavy atom. The lowest BCUT2D eigenvalue weighted by molar-refractivity contribution is -0.127. The molecule has 3 aliphatic rings. The minimum atomic E-state index is -3.47. The zero-order valence-corrected chi connectivity index (χ0v) is 17.5. The SMILES string of the molecule is Cc1ccc(S(=O)(=O)N2CCC(C(=O)N[C@H]3CCN4CCCC[C@@H]34)CC2)cc1. The van der Waals surface area contributed by atoms with Gasteiger partial charge in [0, 0.05) is 37.6 Å². The third-order valence-electron chi connectivity index (χ3n) is 6.67. The van der Waals surface area contributed by atoms with Crippen LogP contribution in [0.4, 0.5) is 0 Å². The van der Waals surface area contributed by atoms with Crippen LogP contribution >= 0.6 is 0 Å². The van der Waals surface area contributed by atoms with Gasteiger partial charge >= 0.3 is 0 Å². The summed E-state index contributed by atoms with van der Waals surface area (Å²) in [6.45, 7) is 5.01. The second kappa shape index (κ2) is 8.13. The van der Waals surface area contributed by atoms with Crippen LogP contribution in [0, 0.1) is 12.8 Å². The molecule has 0 aromatic heterocycles.